The van der Waals surface area contributed by atoms with E-state index in [4.69, 9.17) is 20.2 Å². The first-order valence-corrected chi connectivity index (χ1v) is 22.0. The molecule has 17 nitrogen and oxygen atoms in total. The minimum atomic E-state index is -0.744. The fourth-order valence-electron chi connectivity index (χ4n) is 9.00. The van der Waals surface area contributed by atoms with Gasteiger partial charge < -0.3 is 46.1 Å². The zero-order valence-corrected chi connectivity index (χ0v) is 37.3. The Morgan fingerprint density at radius 2 is 1.69 bits per heavy atom. The summed E-state index contributed by atoms with van der Waals surface area (Å²) in [6.45, 7) is 6.28. The normalized spacial score (nSPS) is 22.0. The number of aromatic amines is 1. The number of aryl methyl sites for hydroxylation is 1. The van der Waals surface area contributed by atoms with Crippen molar-refractivity contribution in [1.29, 1.82) is 0 Å². The number of ether oxygens (including phenoxy) is 3. The van der Waals surface area contributed by atoms with Gasteiger partial charge in [-0.1, -0.05) is 50.2 Å². The lowest BCUT2D eigenvalue weighted by Crippen LogP contribution is -2.54. The molecule has 4 atom stereocenters. The van der Waals surface area contributed by atoms with Crippen molar-refractivity contribution in [2.24, 2.45) is 40.0 Å². The minimum Gasteiger partial charge on any atom is -0.453 e. The highest BCUT2D eigenvalue weighted by molar-refractivity contribution is 5.99. The second-order valence-corrected chi connectivity index (χ2v) is 17.4. The van der Waals surface area contributed by atoms with Crippen LogP contribution in [-0.4, -0.2) is 98.5 Å². The summed E-state index contributed by atoms with van der Waals surface area (Å²) in [4.78, 5) is 64.9. The van der Waals surface area contributed by atoms with Crippen LogP contribution in [0.4, 0.5) is 9.59 Å². The first kappa shape index (κ1) is 45.5. The predicted molar refractivity (Wildman–Crippen MR) is 242 cm³/mol. The molecule has 5 heterocycles. The van der Waals surface area contributed by atoms with Gasteiger partial charge >= 0.3 is 12.2 Å². The second-order valence-electron chi connectivity index (χ2n) is 17.4. The van der Waals surface area contributed by atoms with Gasteiger partial charge in [0.15, 0.2) is 11.7 Å². The number of benzene rings is 2. The number of methoxy groups -OCH3 is 2. The molecule has 4 unspecified atom stereocenters. The monoisotopic (exact) mass is 877 g/mol. The summed E-state index contributed by atoms with van der Waals surface area (Å²) >= 11 is 0. The summed E-state index contributed by atoms with van der Waals surface area (Å²) in [7, 11) is 4.52. The maximum Gasteiger partial charge on any atom is 0.432 e. The van der Waals surface area contributed by atoms with E-state index in [1.54, 1.807) is 0 Å². The van der Waals surface area contributed by atoms with Crippen LogP contribution in [0.25, 0.3) is 28.1 Å². The molecule has 3 aromatic rings. The Bertz CT molecular complexity index is 2290. The Balaban J connectivity index is 1.05. The summed E-state index contributed by atoms with van der Waals surface area (Å²) in [5, 5.41) is 12.7. The number of aromatic nitrogens is 2. The number of nitrogens with one attached hydrogen (secondary N) is 5. The van der Waals surface area contributed by atoms with Crippen LogP contribution in [0.1, 0.15) is 76.2 Å². The largest absolute Gasteiger partial charge is 0.453 e. The number of aliphatic imine (C=N–C) groups is 2. The summed E-state index contributed by atoms with van der Waals surface area (Å²) in [6.07, 6.45) is 10.4. The molecule has 17 heteroatoms. The van der Waals surface area contributed by atoms with Crippen LogP contribution in [-0.2, 0) is 30.8 Å². The Hall–Kier alpha value is -6.49. The third-order valence-corrected chi connectivity index (χ3v) is 12.7. The molecule has 2 saturated heterocycles. The molecule has 340 valence electrons. The van der Waals surface area contributed by atoms with Crippen LogP contribution in [0.3, 0.4) is 0 Å². The fraction of sp³-hybridized carbons (Fsp3) is 0.468. The van der Waals surface area contributed by atoms with Crippen LogP contribution < -0.4 is 31.6 Å². The topological polar surface area (TPSA) is 218 Å². The molecular weight excluding hydrogens is 817 g/mol. The number of imidazole rings is 1. The van der Waals surface area contributed by atoms with Crippen LogP contribution >= 0.6 is 0 Å². The first-order chi connectivity index (χ1) is 30.9. The molecule has 4 aliphatic rings. The molecule has 1 aromatic heterocycles. The van der Waals surface area contributed by atoms with E-state index in [1.165, 1.54) is 20.4 Å². The number of nitrogens with two attached hydrogens (primary N) is 1. The van der Waals surface area contributed by atoms with Gasteiger partial charge in [0.1, 0.15) is 18.1 Å². The molecule has 0 aliphatic carbocycles. The lowest BCUT2D eigenvalue weighted by atomic mass is 9.78. The van der Waals surface area contributed by atoms with Crippen molar-refractivity contribution in [3.8, 4) is 22.4 Å². The predicted octanol–water partition coefficient (Wildman–Crippen LogP) is 4.83. The zero-order valence-electron chi connectivity index (χ0n) is 37.3. The third kappa shape index (κ3) is 10.6. The van der Waals surface area contributed by atoms with Crippen molar-refractivity contribution in [3.05, 3.63) is 84.2 Å². The van der Waals surface area contributed by atoms with Gasteiger partial charge in [-0.2, -0.15) is 4.99 Å². The molecule has 0 bridgehead atoms. The number of likely N-dealkylation sites (tertiary alicyclic amines) is 1. The van der Waals surface area contributed by atoms with E-state index < -0.39 is 24.1 Å². The molecular formula is C47H61N10O7+. The number of hydrogen-bond donors (Lipinski definition) is 6. The van der Waals surface area contributed by atoms with Crippen LogP contribution in [0.15, 0.2) is 82.8 Å². The number of hydrogen-bond acceptors (Lipinski definition) is 11. The molecule has 4 amide bonds. The van der Waals surface area contributed by atoms with Gasteiger partial charge in [0.05, 0.1) is 44.6 Å². The Morgan fingerprint density at radius 1 is 1.00 bits per heavy atom. The maximum atomic E-state index is 14.2. The summed E-state index contributed by atoms with van der Waals surface area (Å²) in [5.74, 6) is 0.291. The zero-order chi connectivity index (χ0) is 45.4. The summed E-state index contributed by atoms with van der Waals surface area (Å²) in [5.41, 5.74) is 13.2. The Labute approximate surface area is 374 Å². The molecule has 4 aliphatic heterocycles. The Kier molecular flexibility index (Phi) is 14.5. The van der Waals surface area contributed by atoms with Crippen molar-refractivity contribution in [2.75, 3.05) is 40.5 Å². The number of carbonyl (C=O) groups is 4. The molecule has 64 heavy (non-hydrogen) atoms. The van der Waals surface area contributed by atoms with Crippen LogP contribution in [0.5, 0.6) is 0 Å². The standard InChI is InChI=1S/C47H60N10O7/c1-29(2)41(55-46(61)63-5)44(59)57-28-47(18-21-64-22-19-47)23-39(57)37-26-49-25-36(52-37)32-12-8-30(9-13-32)31-10-14-33(15-11-31)38-27-56(3)43(54-38)35-7-6-20-50-40(58)17-16-34(42(48)53-35)24-51-45(60)62-4/h8-15,24-27,29,34-35,39,41,49,52H,6-7,16-23,28H2,1-5H3,(H4,48,50,53,55,58,61)/p+1. The molecule has 2 fully saturated rings. The highest BCUT2D eigenvalue weighted by atomic mass is 16.5. The van der Waals surface area contributed by atoms with Gasteiger partial charge in [0, 0.05) is 56.9 Å². The van der Waals surface area contributed by atoms with Crippen LogP contribution in [0, 0.1) is 17.3 Å². The lowest BCUT2D eigenvalue weighted by molar-refractivity contribution is -0.679. The number of amidine groups is 1. The van der Waals surface area contributed by atoms with E-state index in [2.05, 4.69) is 84.5 Å². The van der Waals surface area contributed by atoms with Crippen molar-refractivity contribution in [1.82, 2.24) is 31.2 Å². The van der Waals surface area contributed by atoms with Gasteiger partial charge in [0.25, 0.3) is 5.82 Å². The van der Waals surface area contributed by atoms with Crippen molar-refractivity contribution in [2.45, 2.75) is 76.9 Å². The quantitative estimate of drug-likeness (QED) is 0.127. The minimum absolute atomic E-state index is 0.0700. The van der Waals surface area contributed by atoms with Crippen molar-refractivity contribution < 1.29 is 38.0 Å². The fourth-order valence-corrected chi connectivity index (χ4v) is 9.00. The molecule has 7 N–H and O–H groups in total. The highest BCUT2D eigenvalue weighted by Gasteiger charge is 2.49. The van der Waals surface area contributed by atoms with Gasteiger partial charge in [-0.15, -0.1) is 0 Å². The smallest absolute Gasteiger partial charge is 0.432 e. The van der Waals surface area contributed by atoms with E-state index in [-0.39, 0.29) is 41.7 Å². The molecule has 0 radical (unpaired) electrons. The number of alkyl carbamates (subject to hydrolysis) is 1. The molecule has 2 aromatic carbocycles. The van der Waals surface area contributed by atoms with Crippen LogP contribution in [0.2, 0.25) is 0 Å². The SMILES string of the molecule is COC(=O)N=CC1CCC(=O)NCCCC(c2[nH]c(-c3ccc(-c4ccc(C5=CNC=C(C6CC7(CCOCC7)CN6C(=O)C(NC(=O)OC)C(C)C)N5)cc4)cc3)c[n+]2C)N=C1N. The summed E-state index contributed by atoms with van der Waals surface area (Å²) in [6, 6.07) is 15.4. The number of rotatable bonds is 9. The second kappa shape index (κ2) is 20.3. The van der Waals surface area contributed by atoms with E-state index in [0.717, 1.165) is 64.4 Å². The van der Waals surface area contributed by atoms with Crippen molar-refractivity contribution >= 4 is 41.7 Å². The van der Waals surface area contributed by atoms with Gasteiger partial charge in [-0.3, -0.25) is 14.6 Å². The summed E-state index contributed by atoms with van der Waals surface area (Å²) < 4.78 is 17.3. The van der Waals surface area contributed by atoms with E-state index in [9.17, 15) is 19.2 Å². The number of H-pyrrole nitrogens is 1. The number of nitrogens with zero attached hydrogens (tertiary/aromatic N) is 4. The third-order valence-electron chi connectivity index (χ3n) is 12.7. The van der Waals surface area contributed by atoms with E-state index in [0.29, 0.717) is 51.4 Å². The first-order valence-electron chi connectivity index (χ1n) is 22.0. The van der Waals surface area contributed by atoms with Crippen molar-refractivity contribution in [3.63, 3.8) is 0 Å². The molecule has 1 spiro atoms. The average Bonchev–Trinajstić information content (AvgIpc) is 3.88. The number of carbonyl (C=O) groups excluding carboxylic acids is 4. The maximum absolute atomic E-state index is 14.2. The van der Waals surface area contributed by atoms with Gasteiger partial charge in [0.2, 0.25) is 11.8 Å². The molecule has 7 rings (SSSR count). The number of amides is 4. The highest BCUT2D eigenvalue weighted by Crippen LogP contribution is 2.45. The lowest BCUT2D eigenvalue weighted by Gasteiger charge is -2.34. The molecule has 0 saturated carbocycles. The average molecular weight is 878 g/mol. The van der Waals surface area contributed by atoms with E-state index in [1.807, 2.05) is 49.0 Å². The van der Waals surface area contributed by atoms with Gasteiger partial charge in [-0.05, 0) is 78.7 Å². The Morgan fingerprint density at radius 3 is 2.36 bits per heavy atom. The van der Waals surface area contributed by atoms with Gasteiger partial charge in [-0.25, -0.2) is 19.1 Å². The van der Waals surface area contributed by atoms with E-state index >= 15 is 0 Å².